The quantitative estimate of drug-likeness (QED) is 0.339. The average Bonchev–Trinajstić information content (AvgIpc) is 2.73. The lowest BCUT2D eigenvalue weighted by molar-refractivity contribution is 0.354. The molecule has 0 saturated carbocycles. The van der Waals surface area contributed by atoms with Gasteiger partial charge in [0.25, 0.3) is 0 Å². The molecule has 0 amide bonds. The number of aryl methyl sites for hydroxylation is 2. The molecule has 0 bridgehead atoms. The number of aromatic hydroxyl groups is 1. The fourth-order valence-electron chi connectivity index (χ4n) is 4.20. The smallest absolute Gasteiger partial charge is 0.173 e. The minimum absolute atomic E-state index is 0.190. The van der Waals surface area contributed by atoms with E-state index in [4.69, 9.17) is 18.3 Å². The van der Waals surface area contributed by atoms with Gasteiger partial charge in [0.05, 0.1) is 21.3 Å². The van der Waals surface area contributed by atoms with Gasteiger partial charge in [-0.05, 0) is 99.4 Å². The van der Waals surface area contributed by atoms with Crippen molar-refractivity contribution in [2.75, 3.05) is 21.3 Å². The van der Waals surface area contributed by atoms with E-state index in [1.807, 2.05) is 18.2 Å². The number of benzene rings is 2. The molecule has 0 aliphatic rings. The third-order valence-electron chi connectivity index (χ3n) is 5.73. The second-order valence-electron chi connectivity index (χ2n) is 9.52. The summed E-state index contributed by atoms with van der Waals surface area (Å²) in [5.41, 5.74) is 2.46. The predicted octanol–water partition coefficient (Wildman–Crippen LogP) is 6.41. The Bertz CT molecular complexity index is 867. The largest absolute Gasteiger partial charge is 0.504 e. The number of methoxy groups -OCH3 is 3. The van der Waals surface area contributed by atoms with E-state index in [0.717, 1.165) is 49.3 Å². The maximum atomic E-state index is 9.77. The number of phenolic OH excluding ortho intramolecular Hbond substituents is 1. The van der Waals surface area contributed by atoms with Gasteiger partial charge in [0.1, 0.15) is 0 Å². The number of hydrogen-bond acceptors (Lipinski definition) is 5. The molecule has 0 aromatic heterocycles. The molecule has 0 unspecified atom stereocenters. The van der Waals surface area contributed by atoms with Gasteiger partial charge >= 0.3 is 0 Å². The summed E-state index contributed by atoms with van der Waals surface area (Å²) >= 11 is 0. The Kier molecular flexibility index (Phi) is 9.67. The molecule has 0 atom stereocenters. The molecule has 0 saturated heterocycles. The number of phenols is 1. The normalized spacial score (nSPS) is 12.0. The molecular formula is C25H40O5Si2. The van der Waals surface area contributed by atoms with Crippen molar-refractivity contribution in [2.24, 2.45) is 0 Å². The van der Waals surface area contributed by atoms with Crippen molar-refractivity contribution in [3.05, 3.63) is 47.5 Å². The lowest BCUT2D eigenvalue weighted by Crippen LogP contribution is -2.44. The molecule has 0 radical (unpaired) electrons. The minimum atomic E-state index is -1.74. The van der Waals surface area contributed by atoms with Gasteiger partial charge < -0.3 is 23.4 Å². The molecule has 2 rings (SSSR count). The fraction of sp³-hybridized carbons (Fsp3) is 0.520. The van der Waals surface area contributed by atoms with E-state index in [9.17, 15) is 5.11 Å². The van der Waals surface area contributed by atoms with E-state index in [1.165, 1.54) is 11.1 Å². The molecular weight excluding hydrogens is 436 g/mol. The topological polar surface area (TPSA) is 57.2 Å². The number of hydrogen-bond donors (Lipinski definition) is 1. The molecule has 5 nitrogen and oxygen atoms in total. The summed E-state index contributed by atoms with van der Waals surface area (Å²) in [6.45, 7) is 9.38. The van der Waals surface area contributed by atoms with Crippen molar-refractivity contribution < 1.29 is 23.4 Å². The number of rotatable bonds is 13. The van der Waals surface area contributed by atoms with Gasteiger partial charge in [-0.3, -0.25) is 0 Å². The molecule has 2 aromatic carbocycles. The molecule has 0 spiro atoms. The molecule has 178 valence electrons. The zero-order valence-electron chi connectivity index (χ0n) is 20.8. The minimum Gasteiger partial charge on any atom is -0.504 e. The van der Waals surface area contributed by atoms with E-state index >= 15 is 0 Å². The van der Waals surface area contributed by atoms with E-state index in [2.05, 4.69) is 38.3 Å². The van der Waals surface area contributed by atoms with Crippen LogP contribution in [0.4, 0.5) is 0 Å². The van der Waals surface area contributed by atoms with Crippen LogP contribution in [0.3, 0.4) is 0 Å². The van der Waals surface area contributed by atoms with Gasteiger partial charge in [0.15, 0.2) is 39.6 Å². The molecule has 1 N–H and O–H groups in total. The maximum Gasteiger partial charge on any atom is 0.173 e. The third kappa shape index (κ3) is 8.18. The Balaban J connectivity index is 1.81. The average molecular weight is 477 g/mol. The summed E-state index contributed by atoms with van der Waals surface area (Å²) < 4.78 is 22.8. The van der Waals surface area contributed by atoms with Crippen molar-refractivity contribution in [1.82, 2.24) is 0 Å². The SMILES string of the molecule is COc1cc(CCC[Si](C)(C)O[Si](C)(C)CCCc2ccc(OC)c(OC)c2)ccc1O. The van der Waals surface area contributed by atoms with E-state index in [-0.39, 0.29) is 5.75 Å². The van der Waals surface area contributed by atoms with Crippen molar-refractivity contribution in [3.63, 3.8) is 0 Å². The van der Waals surface area contributed by atoms with Crippen LogP contribution in [0.1, 0.15) is 24.0 Å². The summed E-state index contributed by atoms with van der Waals surface area (Å²) in [5.74, 6) is 2.29. The Morgan fingerprint density at radius 2 is 1.12 bits per heavy atom. The Hall–Kier alpha value is -1.97. The van der Waals surface area contributed by atoms with Crippen LogP contribution in [0.5, 0.6) is 23.0 Å². The van der Waals surface area contributed by atoms with Crippen LogP contribution in [0.15, 0.2) is 36.4 Å². The summed E-state index contributed by atoms with van der Waals surface area (Å²) in [4.78, 5) is 0. The zero-order valence-corrected chi connectivity index (χ0v) is 22.8. The van der Waals surface area contributed by atoms with Crippen LogP contribution in [0, 0.1) is 0 Å². The highest BCUT2D eigenvalue weighted by Crippen LogP contribution is 2.30. The molecule has 0 aliphatic carbocycles. The molecule has 0 aliphatic heterocycles. The van der Waals surface area contributed by atoms with E-state index < -0.39 is 16.6 Å². The van der Waals surface area contributed by atoms with Crippen LogP contribution < -0.4 is 14.2 Å². The van der Waals surface area contributed by atoms with Crippen LogP contribution in [-0.4, -0.2) is 43.1 Å². The fourth-order valence-corrected chi connectivity index (χ4v) is 13.1. The second-order valence-corrected chi connectivity index (χ2v) is 18.4. The Morgan fingerprint density at radius 3 is 1.62 bits per heavy atom. The summed E-state index contributed by atoms with van der Waals surface area (Å²) in [5, 5.41) is 9.77. The van der Waals surface area contributed by atoms with Gasteiger partial charge in [-0.1, -0.05) is 12.1 Å². The first kappa shape index (κ1) is 26.3. The van der Waals surface area contributed by atoms with Gasteiger partial charge in [0.2, 0.25) is 0 Å². The monoisotopic (exact) mass is 476 g/mol. The van der Waals surface area contributed by atoms with Gasteiger partial charge in [-0.2, -0.15) is 0 Å². The molecule has 7 heteroatoms. The number of ether oxygens (including phenoxy) is 3. The molecule has 2 aromatic rings. The van der Waals surface area contributed by atoms with Crippen molar-refractivity contribution >= 4 is 16.6 Å². The summed E-state index contributed by atoms with van der Waals surface area (Å²) in [6.07, 6.45) is 4.19. The molecule has 0 heterocycles. The third-order valence-corrected chi connectivity index (χ3v) is 13.3. The first-order chi connectivity index (χ1) is 15.1. The zero-order chi connectivity index (χ0) is 23.8. The Labute approximate surface area is 195 Å². The first-order valence-electron chi connectivity index (χ1n) is 11.4. The Morgan fingerprint density at radius 1 is 0.656 bits per heavy atom. The highest BCUT2D eigenvalue weighted by molar-refractivity contribution is 6.84. The second kappa shape index (κ2) is 11.8. The van der Waals surface area contributed by atoms with Gasteiger partial charge in [0, 0.05) is 0 Å². The van der Waals surface area contributed by atoms with Crippen LogP contribution in [-0.2, 0) is 17.0 Å². The van der Waals surface area contributed by atoms with Crippen LogP contribution >= 0.6 is 0 Å². The van der Waals surface area contributed by atoms with Crippen LogP contribution in [0.2, 0.25) is 38.3 Å². The van der Waals surface area contributed by atoms with Gasteiger partial charge in [-0.25, -0.2) is 0 Å². The molecule has 0 fully saturated rings. The van der Waals surface area contributed by atoms with Gasteiger partial charge in [-0.15, -0.1) is 0 Å². The maximum absolute atomic E-state index is 9.77. The summed E-state index contributed by atoms with van der Waals surface area (Å²) in [7, 11) is 1.46. The lowest BCUT2D eigenvalue weighted by atomic mass is 10.1. The van der Waals surface area contributed by atoms with Crippen molar-refractivity contribution in [2.45, 2.75) is 64.0 Å². The van der Waals surface area contributed by atoms with Crippen LogP contribution in [0.25, 0.3) is 0 Å². The van der Waals surface area contributed by atoms with Crippen molar-refractivity contribution in [3.8, 4) is 23.0 Å². The highest BCUT2D eigenvalue weighted by atomic mass is 28.4. The van der Waals surface area contributed by atoms with E-state index in [0.29, 0.717) is 5.75 Å². The summed E-state index contributed by atoms with van der Waals surface area (Å²) in [6, 6.07) is 14.1. The van der Waals surface area contributed by atoms with E-state index in [1.54, 1.807) is 27.4 Å². The standard InChI is InChI=1S/C25H40O5Si2/c1-27-23-15-13-21(19-25(23)29-3)11-9-17-32(6,7)30-31(4,5)16-8-10-20-12-14-22(26)24(18-20)28-2/h12-15,18-19,26H,8-11,16-17H2,1-7H3. The van der Waals surface area contributed by atoms with Crippen molar-refractivity contribution in [1.29, 1.82) is 0 Å². The highest BCUT2D eigenvalue weighted by Gasteiger charge is 2.32. The predicted molar refractivity (Wildman–Crippen MR) is 137 cm³/mol. The lowest BCUT2D eigenvalue weighted by Gasteiger charge is -2.34. The first-order valence-corrected chi connectivity index (χ1v) is 17.6. The molecule has 32 heavy (non-hydrogen) atoms.